The zero-order chi connectivity index (χ0) is 7.11. The van der Waals surface area contributed by atoms with Crippen LogP contribution in [0.3, 0.4) is 0 Å². The van der Waals surface area contributed by atoms with Crippen LogP contribution in [0.4, 0.5) is 0 Å². The predicted molar refractivity (Wildman–Crippen MR) is 42.3 cm³/mol. The summed E-state index contributed by atoms with van der Waals surface area (Å²) in [6.07, 6.45) is 7.55. The van der Waals surface area contributed by atoms with Crippen LogP contribution in [0.2, 0.25) is 0 Å². The molecule has 0 spiro atoms. The number of hydrogen-bond donors (Lipinski definition) is 1. The molecule has 1 heteroatoms. The molecular weight excluding hydrogens is 110 g/mol. The van der Waals surface area contributed by atoms with Gasteiger partial charge in [0, 0.05) is 6.04 Å². The first-order valence-electron chi connectivity index (χ1n) is 3.71. The van der Waals surface area contributed by atoms with Crippen LogP contribution in [-0.4, -0.2) is 6.04 Å². The van der Waals surface area contributed by atoms with E-state index in [4.69, 9.17) is 5.73 Å². The molecule has 0 aromatic carbocycles. The Morgan fingerprint density at radius 1 is 1.33 bits per heavy atom. The molecular formula is C8H17N. The van der Waals surface area contributed by atoms with Crippen molar-refractivity contribution in [3.05, 3.63) is 12.2 Å². The van der Waals surface area contributed by atoms with Gasteiger partial charge >= 0.3 is 0 Å². The van der Waals surface area contributed by atoms with Crippen LogP contribution in [0.25, 0.3) is 0 Å². The van der Waals surface area contributed by atoms with E-state index in [1.165, 1.54) is 0 Å². The zero-order valence-electron chi connectivity index (χ0n) is 6.43. The predicted octanol–water partition coefficient (Wildman–Crippen LogP) is 2.08. The highest BCUT2D eigenvalue weighted by Gasteiger charge is 1.91. The molecule has 0 bridgehead atoms. The molecule has 0 saturated carbocycles. The zero-order valence-corrected chi connectivity index (χ0v) is 6.43. The van der Waals surface area contributed by atoms with Gasteiger partial charge in [0.1, 0.15) is 0 Å². The topological polar surface area (TPSA) is 26.0 Å². The van der Waals surface area contributed by atoms with Crippen molar-refractivity contribution in [1.82, 2.24) is 0 Å². The van der Waals surface area contributed by atoms with Gasteiger partial charge in [-0.3, -0.25) is 0 Å². The largest absolute Gasteiger partial charge is 0.327 e. The molecule has 0 radical (unpaired) electrons. The van der Waals surface area contributed by atoms with Crippen LogP contribution in [0.5, 0.6) is 0 Å². The van der Waals surface area contributed by atoms with Crippen molar-refractivity contribution >= 4 is 0 Å². The van der Waals surface area contributed by atoms with Gasteiger partial charge in [-0.25, -0.2) is 0 Å². The molecule has 0 aliphatic heterocycles. The fourth-order valence-electron chi connectivity index (χ4n) is 0.604. The molecule has 9 heavy (non-hydrogen) atoms. The highest BCUT2D eigenvalue weighted by molar-refractivity contribution is 4.83. The number of hydrogen-bond acceptors (Lipinski definition) is 1. The second-order valence-electron chi connectivity index (χ2n) is 2.28. The SMILES string of the molecule is CC/C=C\C[C@@H](N)CC. The van der Waals surface area contributed by atoms with Crippen LogP contribution < -0.4 is 5.73 Å². The first-order chi connectivity index (χ1) is 4.31. The third kappa shape index (κ3) is 5.57. The van der Waals surface area contributed by atoms with E-state index < -0.39 is 0 Å². The van der Waals surface area contributed by atoms with Gasteiger partial charge in [0.15, 0.2) is 0 Å². The third-order valence-corrected chi connectivity index (χ3v) is 1.37. The van der Waals surface area contributed by atoms with Crippen molar-refractivity contribution in [3.63, 3.8) is 0 Å². The van der Waals surface area contributed by atoms with E-state index in [0.717, 1.165) is 19.3 Å². The second-order valence-corrected chi connectivity index (χ2v) is 2.28. The van der Waals surface area contributed by atoms with Gasteiger partial charge in [0.2, 0.25) is 0 Å². The van der Waals surface area contributed by atoms with E-state index in [1.54, 1.807) is 0 Å². The van der Waals surface area contributed by atoms with E-state index in [2.05, 4.69) is 26.0 Å². The molecule has 54 valence electrons. The minimum Gasteiger partial charge on any atom is -0.327 e. The molecule has 1 atom stereocenters. The maximum atomic E-state index is 5.66. The Bertz CT molecular complexity index is 76.6. The average Bonchev–Trinajstić information content (AvgIpc) is 1.89. The van der Waals surface area contributed by atoms with Crippen LogP contribution in [0.1, 0.15) is 33.1 Å². The third-order valence-electron chi connectivity index (χ3n) is 1.37. The molecule has 0 amide bonds. The molecule has 0 saturated heterocycles. The van der Waals surface area contributed by atoms with Gasteiger partial charge in [-0.2, -0.15) is 0 Å². The van der Waals surface area contributed by atoms with E-state index in [-0.39, 0.29) is 0 Å². The summed E-state index contributed by atoms with van der Waals surface area (Å²) in [4.78, 5) is 0. The quantitative estimate of drug-likeness (QED) is 0.575. The van der Waals surface area contributed by atoms with Crippen LogP contribution in [0, 0.1) is 0 Å². The van der Waals surface area contributed by atoms with Gasteiger partial charge in [0.05, 0.1) is 0 Å². The van der Waals surface area contributed by atoms with Crippen LogP contribution in [0.15, 0.2) is 12.2 Å². The van der Waals surface area contributed by atoms with E-state index in [0.29, 0.717) is 6.04 Å². The van der Waals surface area contributed by atoms with E-state index in [1.807, 2.05) is 0 Å². The molecule has 0 unspecified atom stereocenters. The molecule has 0 aliphatic carbocycles. The first kappa shape index (κ1) is 8.70. The highest BCUT2D eigenvalue weighted by atomic mass is 14.6. The van der Waals surface area contributed by atoms with Gasteiger partial charge < -0.3 is 5.73 Å². The molecule has 0 fully saturated rings. The summed E-state index contributed by atoms with van der Waals surface area (Å²) < 4.78 is 0. The summed E-state index contributed by atoms with van der Waals surface area (Å²) in [6.45, 7) is 4.25. The lowest BCUT2D eigenvalue weighted by atomic mass is 10.1. The Morgan fingerprint density at radius 3 is 2.44 bits per heavy atom. The first-order valence-corrected chi connectivity index (χ1v) is 3.71. The van der Waals surface area contributed by atoms with Crippen molar-refractivity contribution in [2.75, 3.05) is 0 Å². The second kappa shape index (κ2) is 5.83. The van der Waals surface area contributed by atoms with Crippen molar-refractivity contribution in [1.29, 1.82) is 0 Å². The molecule has 0 aromatic rings. The molecule has 2 N–H and O–H groups in total. The van der Waals surface area contributed by atoms with Crippen molar-refractivity contribution in [3.8, 4) is 0 Å². The molecule has 0 aromatic heterocycles. The Balaban J connectivity index is 3.15. The van der Waals surface area contributed by atoms with Crippen molar-refractivity contribution in [2.45, 2.75) is 39.2 Å². The van der Waals surface area contributed by atoms with Crippen molar-refractivity contribution < 1.29 is 0 Å². The normalized spacial score (nSPS) is 14.6. The Morgan fingerprint density at radius 2 is 2.00 bits per heavy atom. The standard InChI is InChI=1S/C8H17N/c1-3-5-6-7-8(9)4-2/h5-6,8H,3-4,7,9H2,1-2H3/b6-5-/t8-/m0/s1. The van der Waals surface area contributed by atoms with E-state index >= 15 is 0 Å². The Kier molecular flexibility index (Phi) is 5.64. The Labute approximate surface area is 57.9 Å². The lowest BCUT2D eigenvalue weighted by Crippen LogP contribution is -2.16. The monoisotopic (exact) mass is 127 g/mol. The summed E-state index contributed by atoms with van der Waals surface area (Å²) in [7, 11) is 0. The number of allylic oxidation sites excluding steroid dienone is 1. The summed E-state index contributed by atoms with van der Waals surface area (Å²) in [5, 5.41) is 0. The average molecular weight is 127 g/mol. The van der Waals surface area contributed by atoms with Crippen LogP contribution in [-0.2, 0) is 0 Å². The molecule has 0 aliphatic rings. The minimum atomic E-state index is 0.368. The number of rotatable bonds is 4. The fourth-order valence-corrected chi connectivity index (χ4v) is 0.604. The van der Waals surface area contributed by atoms with Gasteiger partial charge in [0.25, 0.3) is 0 Å². The Hall–Kier alpha value is -0.300. The lowest BCUT2D eigenvalue weighted by Gasteiger charge is -2.01. The summed E-state index contributed by atoms with van der Waals surface area (Å²) in [5.74, 6) is 0. The lowest BCUT2D eigenvalue weighted by molar-refractivity contribution is 0.658. The molecule has 1 nitrogen and oxygen atoms in total. The minimum absolute atomic E-state index is 0.368. The van der Waals surface area contributed by atoms with Gasteiger partial charge in [-0.15, -0.1) is 0 Å². The van der Waals surface area contributed by atoms with Crippen molar-refractivity contribution in [2.24, 2.45) is 5.73 Å². The van der Waals surface area contributed by atoms with E-state index in [9.17, 15) is 0 Å². The highest BCUT2D eigenvalue weighted by Crippen LogP contribution is 1.94. The van der Waals surface area contributed by atoms with Crippen LogP contribution >= 0.6 is 0 Å². The summed E-state index contributed by atoms with van der Waals surface area (Å²) >= 11 is 0. The maximum Gasteiger partial charge on any atom is 0.00707 e. The van der Waals surface area contributed by atoms with Gasteiger partial charge in [-0.1, -0.05) is 26.0 Å². The maximum absolute atomic E-state index is 5.66. The molecule has 0 rings (SSSR count). The number of nitrogens with two attached hydrogens (primary N) is 1. The molecule has 0 heterocycles. The smallest absolute Gasteiger partial charge is 0.00707 e. The fraction of sp³-hybridized carbons (Fsp3) is 0.750. The summed E-state index contributed by atoms with van der Waals surface area (Å²) in [6, 6.07) is 0.368. The summed E-state index contributed by atoms with van der Waals surface area (Å²) in [5.41, 5.74) is 5.66. The van der Waals surface area contributed by atoms with Gasteiger partial charge in [-0.05, 0) is 19.3 Å².